The smallest absolute Gasteiger partial charge is 0.265 e. The van der Waals surface area contributed by atoms with Crippen molar-refractivity contribution in [3.63, 3.8) is 0 Å². The van der Waals surface area contributed by atoms with E-state index in [0.717, 1.165) is 35.6 Å². The van der Waals surface area contributed by atoms with Gasteiger partial charge in [0, 0.05) is 16.5 Å². The first kappa shape index (κ1) is 17.1. The molecule has 1 amide bonds. The summed E-state index contributed by atoms with van der Waals surface area (Å²) >= 11 is 7.33. The van der Waals surface area contributed by atoms with Gasteiger partial charge in [-0.3, -0.25) is 4.79 Å². The van der Waals surface area contributed by atoms with E-state index in [9.17, 15) is 9.18 Å². The van der Waals surface area contributed by atoms with Gasteiger partial charge in [-0.05, 0) is 42.1 Å². The fraction of sp³-hybridized carbons (Fsp3) is 0.211. The molecule has 2 aromatic carbocycles. The van der Waals surface area contributed by atoms with Gasteiger partial charge in [-0.15, -0.1) is 5.10 Å². The quantitative estimate of drug-likeness (QED) is 0.688. The van der Waals surface area contributed by atoms with Crippen LogP contribution in [0.2, 0.25) is 5.02 Å². The van der Waals surface area contributed by atoms with Crippen molar-refractivity contribution in [2.45, 2.75) is 24.8 Å². The summed E-state index contributed by atoms with van der Waals surface area (Å²) in [4.78, 5) is 13.4. The number of amides is 1. The van der Waals surface area contributed by atoms with Crippen LogP contribution >= 0.6 is 23.1 Å². The average molecular weight is 388 g/mol. The maximum Gasteiger partial charge on any atom is 0.265 e. The Morgan fingerprint density at radius 3 is 2.65 bits per heavy atom. The number of carbonyl (C=O) groups is 1. The van der Waals surface area contributed by atoms with Crippen LogP contribution in [0.1, 0.15) is 51.3 Å². The predicted octanol–water partition coefficient (Wildman–Crippen LogP) is 4.73. The Morgan fingerprint density at radius 2 is 1.96 bits per heavy atom. The summed E-state index contributed by atoms with van der Waals surface area (Å²) in [5.74, 6) is -0.465. The van der Waals surface area contributed by atoms with E-state index in [1.165, 1.54) is 6.07 Å². The number of rotatable bonds is 5. The lowest BCUT2D eigenvalue weighted by Gasteiger charge is -2.21. The summed E-state index contributed by atoms with van der Waals surface area (Å²) in [6, 6.07) is 13.0. The average Bonchev–Trinajstić information content (AvgIpc) is 3.37. The zero-order valence-electron chi connectivity index (χ0n) is 13.7. The molecule has 1 aliphatic carbocycles. The molecule has 0 spiro atoms. The largest absolute Gasteiger partial charge is 0.340 e. The third kappa shape index (κ3) is 3.34. The molecule has 0 bridgehead atoms. The third-order valence-electron chi connectivity index (χ3n) is 4.38. The molecule has 1 N–H and O–H groups in total. The first-order valence-corrected chi connectivity index (χ1v) is 9.42. The van der Waals surface area contributed by atoms with E-state index >= 15 is 0 Å². The molecule has 1 unspecified atom stereocenters. The summed E-state index contributed by atoms with van der Waals surface area (Å²) in [6.07, 6.45) is 2.04. The van der Waals surface area contributed by atoms with Crippen LogP contribution in [0.3, 0.4) is 0 Å². The van der Waals surface area contributed by atoms with Crippen LogP contribution in [-0.2, 0) is 0 Å². The van der Waals surface area contributed by atoms with Gasteiger partial charge in [0.2, 0.25) is 0 Å². The highest BCUT2D eigenvalue weighted by Crippen LogP contribution is 2.41. The van der Waals surface area contributed by atoms with Crippen molar-refractivity contribution in [1.82, 2.24) is 14.9 Å². The number of hydrogen-bond donors (Lipinski definition) is 1. The maximum atomic E-state index is 14.5. The minimum absolute atomic E-state index is 0.249. The number of hydrogen-bond acceptors (Lipinski definition) is 4. The minimum Gasteiger partial charge on any atom is -0.340 e. The Morgan fingerprint density at radius 1 is 1.19 bits per heavy atom. The van der Waals surface area contributed by atoms with Crippen LogP contribution < -0.4 is 5.32 Å². The molecule has 3 aromatic rings. The lowest BCUT2D eigenvalue weighted by Crippen LogP contribution is -2.30. The van der Waals surface area contributed by atoms with E-state index < -0.39 is 11.9 Å². The van der Waals surface area contributed by atoms with Gasteiger partial charge in [-0.1, -0.05) is 52.5 Å². The van der Waals surface area contributed by atoms with Crippen LogP contribution in [0.5, 0.6) is 0 Å². The van der Waals surface area contributed by atoms with Crippen LogP contribution in [0, 0.1) is 5.82 Å². The Hall–Kier alpha value is -2.31. The van der Waals surface area contributed by atoms with E-state index in [4.69, 9.17) is 11.6 Å². The Kier molecular flexibility index (Phi) is 4.70. The van der Waals surface area contributed by atoms with Gasteiger partial charge in [-0.25, -0.2) is 4.39 Å². The molecular weight excluding hydrogens is 373 g/mol. The normalized spacial score (nSPS) is 14.8. The molecule has 1 saturated carbocycles. The molecule has 1 aromatic heterocycles. The molecule has 132 valence electrons. The van der Waals surface area contributed by atoms with Gasteiger partial charge in [0.1, 0.15) is 10.7 Å². The van der Waals surface area contributed by atoms with E-state index in [0.29, 0.717) is 10.8 Å². The zero-order chi connectivity index (χ0) is 18.1. The van der Waals surface area contributed by atoms with Crippen molar-refractivity contribution in [3.8, 4) is 0 Å². The van der Waals surface area contributed by atoms with E-state index in [2.05, 4.69) is 14.9 Å². The monoisotopic (exact) mass is 387 g/mol. The summed E-state index contributed by atoms with van der Waals surface area (Å²) in [6.45, 7) is 0. The minimum atomic E-state index is -0.702. The van der Waals surface area contributed by atoms with Crippen molar-refractivity contribution in [1.29, 1.82) is 0 Å². The highest BCUT2D eigenvalue weighted by molar-refractivity contribution is 7.08. The third-order valence-corrected chi connectivity index (χ3v) is 5.45. The van der Waals surface area contributed by atoms with Gasteiger partial charge >= 0.3 is 0 Å². The Balaban J connectivity index is 1.72. The number of aromatic nitrogens is 2. The molecular formula is C19H15ClFN3OS. The number of benzene rings is 2. The summed E-state index contributed by atoms with van der Waals surface area (Å²) in [5, 5.41) is 7.29. The number of halogens is 2. The molecule has 4 nitrogen and oxygen atoms in total. The topological polar surface area (TPSA) is 54.9 Å². The summed E-state index contributed by atoms with van der Waals surface area (Å²) in [5.41, 5.74) is 1.73. The zero-order valence-corrected chi connectivity index (χ0v) is 15.2. The van der Waals surface area contributed by atoms with Crippen molar-refractivity contribution in [2.75, 3.05) is 0 Å². The first-order valence-electron chi connectivity index (χ1n) is 8.27. The van der Waals surface area contributed by atoms with Crippen molar-refractivity contribution < 1.29 is 9.18 Å². The van der Waals surface area contributed by atoms with Gasteiger partial charge in [0.15, 0.2) is 0 Å². The number of carbonyl (C=O) groups excluding carboxylic acids is 1. The fourth-order valence-corrected chi connectivity index (χ4v) is 3.86. The SMILES string of the molecule is O=C(NC(c1ccccc1)c1c(F)cccc1Cl)c1snnc1C1CC1. The maximum absolute atomic E-state index is 14.5. The van der Waals surface area contributed by atoms with E-state index in [1.807, 2.05) is 30.3 Å². The molecule has 1 heterocycles. The number of nitrogens with one attached hydrogen (secondary N) is 1. The molecule has 0 radical (unpaired) electrons. The van der Waals surface area contributed by atoms with Crippen molar-refractivity contribution in [2.24, 2.45) is 0 Å². The summed E-state index contributed by atoms with van der Waals surface area (Å²) < 4.78 is 18.5. The highest BCUT2D eigenvalue weighted by atomic mass is 35.5. The molecule has 1 atom stereocenters. The van der Waals surface area contributed by atoms with Crippen LogP contribution in [0.25, 0.3) is 0 Å². The molecule has 1 fully saturated rings. The molecule has 1 aliphatic rings. The summed E-state index contributed by atoms with van der Waals surface area (Å²) in [7, 11) is 0. The van der Waals surface area contributed by atoms with Crippen LogP contribution in [0.4, 0.5) is 4.39 Å². The second-order valence-corrected chi connectivity index (χ2v) is 7.38. The van der Waals surface area contributed by atoms with E-state index in [-0.39, 0.29) is 16.5 Å². The molecule has 26 heavy (non-hydrogen) atoms. The predicted molar refractivity (Wildman–Crippen MR) is 99.0 cm³/mol. The standard InChI is InChI=1S/C19H15ClFN3OS/c20-13-7-4-8-14(21)15(13)16(11-5-2-1-3-6-11)22-19(25)18-17(12-9-10-12)23-24-26-18/h1-8,12,16H,9-10H2,(H,22,25). The van der Waals surface area contributed by atoms with Crippen molar-refractivity contribution in [3.05, 3.63) is 81.1 Å². The van der Waals surface area contributed by atoms with Gasteiger partial charge < -0.3 is 5.32 Å². The van der Waals surface area contributed by atoms with Gasteiger partial charge in [0.05, 0.1) is 11.7 Å². The highest BCUT2D eigenvalue weighted by Gasteiger charge is 2.33. The van der Waals surface area contributed by atoms with Crippen molar-refractivity contribution >= 4 is 29.0 Å². The number of nitrogens with zero attached hydrogens (tertiary/aromatic N) is 2. The lowest BCUT2D eigenvalue weighted by molar-refractivity contribution is 0.0945. The Labute approximate surface area is 159 Å². The van der Waals surface area contributed by atoms with Gasteiger partial charge in [0.25, 0.3) is 5.91 Å². The molecule has 7 heteroatoms. The Bertz CT molecular complexity index is 923. The fourth-order valence-electron chi connectivity index (χ4n) is 2.93. The van der Waals surface area contributed by atoms with E-state index in [1.54, 1.807) is 12.1 Å². The molecule has 4 rings (SSSR count). The van der Waals surface area contributed by atoms with Crippen LogP contribution in [0.15, 0.2) is 48.5 Å². The van der Waals surface area contributed by atoms with Gasteiger partial charge in [-0.2, -0.15) is 0 Å². The lowest BCUT2D eigenvalue weighted by atomic mass is 9.98. The van der Waals surface area contributed by atoms with Crippen LogP contribution in [-0.4, -0.2) is 15.5 Å². The first-order chi connectivity index (χ1) is 12.6. The second kappa shape index (κ2) is 7.13. The molecule has 0 saturated heterocycles. The second-order valence-electron chi connectivity index (χ2n) is 6.21. The molecule has 0 aliphatic heterocycles.